The molecule has 0 amide bonds. The Morgan fingerprint density at radius 2 is 1.93 bits per heavy atom. The van der Waals surface area contributed by atoms with Crippen LogP contribution in [0.3, 0.4) is 0 Å². The molecule has 1 aromatic carbocycles. The zero-order valence-electron chi connectivity index (χ0n) is 8.39. The third kappa shape index (κ3) is 2.11. The second-order valence-corrected chi connectivity index (χ2v) is 4.35. The lowest BCUT2D eigenvalue weighted by Crippen LogP contribution is -2.11. The summed E-state index contributed by atoms with van der Waals surface area (Å²) in [7, 11) is 0. The largest absolute Gasteiger partial charge is 0.323 e. The van der Waals surface area contributed by atoms with E-state index in [4.69, 9.17) is 5.73 Å². The van der Waals surface area contributed by atoms with Gasteiger partial charge in [0, 0.05) is 16.7 Å². The van der Waals surface area contributed by atoms with Crippen LogP contribution in [0.15, 0.2) is 41.0 Å². The average Bonchev–Trinajstić information content (AvgIpc) is 2.67. The monoisotopic (exact) mass is 265 g/mol. The molecular weight excluding hydrogens is 254 g/mol. The molecule has 0 radical (unpaired) electrons. The summed E-state index contributed by atoms with van der Waals surface area (Å²) in [5.41, 5.74) is 7.89. The zero-order valence-corrected chi connectivity index (χ0v) is 9.98. The molecule has 0 spiro atoms. The van der Waals surface area contributed by atoms with Crippen LogP contribution in [0.4, 0.5) is 0 Å². The maximum absolute atomic E-state index is 5.86. The molecule has 15 heavy (non-hydrogen) atoms. The van der Waals surface area contributed by atoms with E-state index in [-0.39, 0.29) is 6.04 Å². The molecule has 78 valence electrons. The van der Waals surface area contributed by atoms with Crippen LogP contribution in [-0.2, 0) is 0 Å². The van der Waals surface area contributed by atoms with Crippen LogP contribution in [0.25, 0.3) is 5.69 Å². The molecule has 3 nitrogen and oxygen atoms in total. The Kier molecular flexibility index (Phi) is 2.88. The van der Waals surface area contributed by atoms with Crippen molar-refractivity contribution in [3.05, 3.63) is 46.7 Å². The Morgan fingerprint density at radius 3 is 2.53 bits per heavy atom. The van der Waals surface area contributed by atoms with Gasteiger partial charge in [0.15, 0.2) is 0 Å². The van der Waals surface area contributed by atoms with Gasteiger partial charge in [-0.3, -0.25) is 0 Å². The van der Waals surface area contributed by atoms with E-state index in [1.54, 1.807) is 6.20 Å². The van der Waals surface area contributed by atoms with Gasteiger partial charge in [0.2, 0.25) is 0 Å². The van der Waals surface area contributed by atoms with Crippen LogP contribution in [0.1, 0.15) is 18.7 Å². The van der Waals surface area contributed by atoms with Gasteiger partial charge >= 0.3 is 0 Å². The fourth-order valence-electron chi connectivity index (χ4n) is 1.46. The van der Waals surface area contributed by atoms with Gasteiger partial charge in [0.05, 0.1) is 11.4 Å². The summed E-state index contributed by atoms with van der Waals surface area (Å²) in [4.78, 5) is 0. The number of aromatic nitrogens is 2. The second-order valence-electron chi connectivity index (χ2n) is 3.43. The number of benzene rings is 1. The molecule has 4 heteroatoms. The summed E-state index contributed by atoms with van der Waals surface area (Å²) in [6.07, 6.45) is 1.76. The third-order valence-electron chi connectivity index (χ3n) is 2.21. The highest BCUT2D eigenvalue weighted by Gasteiger charge is 2.07. The molecular formula is C11H12BrN3. The van der Waals surface area contributed by atoms with Crippen LogP contribution >= 0.6 is 15.9 Å². The summed E-state index contributed by atoms with van der Waals surface area (Å²) in [6.45, 7) is 1.95. The van der Waals surface area contributed by atoms with Crippen molar-refractivity contribution in [2.24, 2.45) is 5.73 Å². The lowest BCUT2D eigenvalue weighted by Gasteiger charge is -2.09. The first-order valence-electron chi connectivity index (χ1n) is 4.74. The van der Waals surface area contributed by atoms with E-state index < -0.39 is 0 Å². The maximum Gasteiger partial charge on any atom is 0.0650 e. The molecule has 0 aliphatic rings. The smallest absolute Gasteiger partial charge is 0.0650 e. The minimum absolute atomic E-state index is 0.0175. The van der Waals surface area contributed by atoms with Gasteiger partial charge < -0.3 is 5.73 Å². The van der Waals surface area contributed by atoms with E-state index in [0.717, 1.165) is 15.9 Å². The predicted octanol–water partition coefficient (Wildman–Crippen LogP) is 2.65. The van der Waals surface area contributed by atoms with Gasteiger partial charge in [-0.1, -0.05) is 15.9 Å². The lowest BCUT2D eigenvalue weighted by molar-refractivity contribution is 0.710. The number of hydrogen-bond acceptors (Lipinski definition) is 2. The van der Waals surface area contributed by atoms with E-state index in [0.29, 0.717) is 0 Å². The van der Waals surface area contributed by atoms with Gasteiger partial charge in [-0.2, -0.15) is 5.10 Å². The lowest BCUT2D eigenvalue weighted by atomic mass is 10.2. The second kappa shape index (κ2) is 4.16. The van der Waals surface area contributed by atoms with Crippen molar-refractivity contribution in [3.63, 3.8) is 0 Å². The van der Waals surface area contributed by atoms with E-state index >= 15 is 0 Å². The number of nitrogens with two attached hydrogens (primary N) is 1. The minimum atomic E-state index is -0.0175. The van der Waals surface area contributed by atoms with Gasteiger partial charge in [-0.15, -0.1) is 0 Å². The molecule has 1 aromatic heterocycles. The van der Waals surface area contributed by atoms with Crippen molar-refractivity contribution < 1.29 is 0 Å². The quantitative estimate of drug-likeness (QED) is 0.908. The van der Waals surface area contributed by atoms with Crippen molar-refractivity contribution in [2.45, 2.75) is 13.0 Å². The van der Waals surface area contributed by atoms with Crippen LogP contribution in [0.2, 0.25) is 0 Å². The highest BCUT2D eigenvalue weighted by molar-refractivity contribution is 9.10. The van der Waals surface area contributed by atoms with E-state index in [1.807, 2.05) is 41.9 Å². The standard InChI is InChI=1S/C11H12BrN3/c1-8(13)11-6-7-14-15(11)10-4-2-9(12)3-5-10/h2-8H,13H2,1H3. The van der Waals surface area contributed by atoms with Crippen molar-refractivity contribution in [1.82, 2.24) is 9.78 Å². The van der Waals surface area contributed by atoms with Crippen LogP contribution < -0.4 is 5.73 Å². The zero-order chi connectivity index (χ0) is 10.8. The summed E-state index contributed by atoms with van der Waals surface area (Å²) in [6, 6.07) is 9.90. The van der Waals surface area contributed by atoms with Gasteiger partial charge in [-0.25, -0.2) is 4.68 Å². The Bertz CT molecular complexity index is 445. The molecule has 2 aromatic rings. The molecule has 0 saturated carbocycles. The highest BCUT2D eigenvalue weighted by Crippen LogP contribution is 2.17. The fraction of sp³-hybridized carbons (Fsp3) is 0.182. The molecule has 2 rings (SSSR count). The number of rotatable bonds is 2. The van der Waals surface area contributed by atoms with Gasteiger partial charge in [0.1, 0.15) is 0 Å². The average molecular weight is 266 g/mol. The van der Waals surface area contributed by atoms with Gasteiger partial charge in [0.25, 0.3) is 0 Å². The van der Waals surface area contributed by atoms with E-state index in [9.17, 15) is 0 Å². The molecule has 0 bridgehead atoms. The molecule has 0 saturated heterocycles. The normalized spacial score (nSPS) is 12.7. The molecule has 1 unspecified atom stereocenters. The van der Waals surface area contributed by atoms with Crippen molar-refractivity contribution in [1.29, 1.82) is 0 Å². The summed E-state index contributed by atoms with van der Waals surface area (Å²) < 4.78 is 2.91. The first-order chi connectivity index (χ1) is 7.18. The van der Waals surface area contributed by atoms with Crippen molar-refractivity contribution >= 4 is 15.9 Å². The summed E-state index contributed by atoms with van der Waals surface area (Å²) in [5.74, 6) is 0. The Labute approximate surface area is 97.0 Å². The topological polar surface area (TPSA) is 43.8 Å². The van der Waals surface area contributed by atoms with Gasteiger partial charge in [-0.05, 0) is 37.3 Å². The maximum atomic E-state index is 5.86. The molecule has 1 heterocycles. The summed E-state index contributed by atoms with van der Waals surface area (Å²) >= 11 is 3.40. The van der Waals surface area contributed by atoms with Crippen molar-refractivity contribution in [3.8, 4) is 5.69 Å². The summed E-state index contributed by atoms with van der Waals surface area (Å²) in [5, 5.41) is 4.26. The molecule has 0 fully saturated rings. The molecule has 0 aliphatic carbocycles. The third-order valence-corrected chi connectivity index (χ3v) is 2.74. The van der Waals surface area contributed by atoms with Crippen LogP contribution in [0, 0.1) is 0 Å². The molecule has 1 atom stereocenters. The minimum Gasteiger partial charge on any atom is -0.323 e. The van der Waals surface area contributed by atoms with Crippen LogP contribution in [-0.4, -0.2) is 9.78 Å². The molecule has 2 N–H and O–H groups in total. The van der Waals surface area contributed by atoms with E-state index in [2.05, 4.69) is 21.0 Å². The SMILES string of the molecule is CC(N)c1ccnn1-c1ccc(Br)cc1. The van der Waals surface area contributed by atoms with Crippen molar-refractivity contribution in [2.75, 3.05) is 0 Å². The Balaban J connectivity index is 2.45. The number of hydrogen-bond donors (Lipinski definition) is 1. The number of nitrogens with zero attached hydrogens (tertiary/aromatic N) is 2. The first-order valence-corrected chi connectivity index (χ1v) is 5.53. The Morgan fingerprint density at radius 1 is 1.27 bits per heavy atom. The Hall–Kier alpha value is -1.13. The first kappa shape index (κ1) is 10.4. The fourth-order valence-corrected chi connectivity index (χ4v) is 1.72. The number of halogens is 1. The van der Waals surface area contributed by atoms with Crippen LogP contribution in [0.5, 0.6) is 0 Å². The predicted molar refractivity (Wildman–Crippen MR) is 63.9 cm³/mol. The van der Waals surface area contributed by atoms with E-state index in [1.165, 1.54) is 0 Å². The highest BCUT2D eigenvalue weighted by atomic mass is 79.9. The molecule has 0 aliphatic heterocycles.